The lowest BCUT2D eigenvalue weighted by atomic mass is 10.1. The molecule has 0 radical (unpaired) electrons. The average molecular weight is 370 g/mol. The maximum absolute atomic E-state index is 13.7. The minimum atomic E-state index is -3.68. The quantitative estimate of drug-likeness (QED) is 0.879. The summed E-state index contributed by atoms with van der Waals surface area (Å²) in [6.07, 6.45) is 0. The summed E-state index contributed by atoms with van der Waals surface area (Å²) in [4.78, 5) is 6.43. The van der Waals surface area contributed by atoms with Gasteiger partial charge in [0.25, 0.3) is 0 Å². The van der Waals surface area contributed by atoms with Gasteiger partial charge in [-0.2, -0.15) is 5.06 Å². The third-order valence-electron chi connectivity index (χ3n) is 4.18. The van der Waals surface area contributed by atoms with E-state index in [1.807, 2.05) is 18.4 Å². The minimum absolute atomic E-state index is 0.0745. The highest BCUT2D eigenvalue weighted by atomic mass is 32.2. The Labute approximate surface area is 145 Å². The minimum Gasteiger partial charge on any atom is -0.297 e. The number of rotatable bonds is 5. The van der Waals surface area contributed by atoms with Crippen LogP contribution in [0.5, 0.6) is 0 Å². The largest absolute Gasteiger partial charge is 0.297 e. The van der Waals surface area contributed by atoms with Crippen LogP contribution in [0.25, 0.3) is 0 Å². The van der Waals surface area contributed by atoms with E-state index in [4.69, 9.17) is 4.84 Å². The predicted molar refractivity (Wildman–Crippen MR) is 91.5 cm³/mol. The first-order valence-corrected chi connectivity index (χ1v) is 9.94. The molecule has 1 aromatic heterocycles. The molecule has 1 aliphatic heterocycles. The number of thiophene rings is 1. The van der Waals surface area contributed by atoms with Crippen LogP contribution in [0, 0.1) is 12.7 Å². The first-order chi connectivity index (χ1) is 11.4. The van der Waals surface area contributed by atoms with Gasteiger partial charge in [-0.15, -0.1) is 11.3 Å². The van der Waals surface area contributed by atoms with E-state index in [1.165, 1.54) is 17.4 Å². The molecule has 2 atom stereocenters. The molecule has 3 rings (SSSR count). The molecule has 1 aliphatic rings. The van der Waals surface area contributed by atoms with Crippen LogP contribution in [0.15, 0.2) is 35.7 Å². The third-order valence-corrected chi connectivity index (χ3v) is 7.00. The second-order valence-corrected chi connectivity index (χ2v) is 8.68. The van der Waals surface area contributed by atoms with Gasteiger partial charge in [0.05, 0.1) is 12.6 Å². The fourth-order valence-electron chi connectivity index (χ4n) is 2.80. The second-order valence-electron chi connectivity index (χ2n) is 5.75. The van der Waals surface area contributed by atoms with Crippen molar-refractivity contribution in [2.45, 2.75) is 24.8 Å². The van der Waals surface area contributed by atoms with Crippen LogP contribution < -0.4 is 4.72 Å². The molecule has 5 nitrogen and oxygen atoms in total. The highest BCUT2D eigenvalue weighted by Gasteiger charge is 2.44. The summed E-state index contributed by atoms with van der Waals surface area (Å²) in [5.41, 5.74) is 1.36. The van der Waals surface area contributed by atoms with E-state index in [0.29, 0.717) is 5.56 Å². The molecule has 0 saturated carbocycles. The number of nitrogens with one attached hydrogen (secondary N) is 1. The van der Waals surface area contributed by atoms with Gasteiger partial charge in [-0.05, 0) is 30.0 Å². The molecule has 1 N–H and O–H groups in total. The first kappa shape index (κ1) is 17.5. The van der Waals surface area contributed by atoms with E-state index < -0.39 is 21.1 Å². The molecule has 0 amide bonds. The van der Waals surface area contributed by atoms with Crippen LogP contribution in [-0.2, 0) is 21.4 Å². The number of hydrogen-bond donors (Lipinski definition) is 1. The monoisotopic (exact) mass is 370 g/mol. The standard InChI is InChI=1S/C16H19FN2O3S2/c1-11-7-8-23-16(11)15-14(10-22-19(15)2)24(20,21)18-9-12-5-3-4-6-13(12)17/h3-8,14-15,18H,9-10H2,1-2H3. The topological polar surface area (TPSA) is 58.6 Å². The van der Waals surface area contributed by atoms with E-state index in [9.17, 15) is 12.8 Å². The number of hydroxylamine groups is 2. The summed E-state index contributed by atoms with van der Waals surface area (Å²) in [5.74, 6) is -0.425. The molecule has 130 valence electrons. The Balaban J connectivity index is 1.81. The van der Waals surface area contributed by atoms with Gasteiger partial charge in [-0.25, -0.2) is 17.5 Å². The van der Waals surface area contributed by atoms with Crippen molar-refractivity contribution in [2.24, 2.45) is 0 Å². The molecule has 1 fully saturated rings. The van der Waals surface area contributed by atoms with E-state index >= 15 is 0 Å². The van der Waals surface area contributed by atoms with E-state index in [-0.39, 0.29) is 19.2 Å². The molecular weight excluding hydrogens is 351 g/mol. The lowest BCUT2D eigenvalue weighted by Gasteiger charge is -2.22. The van der Waals surface area contributed by atoms with Crippen LogP contribution >= 0.6 is 11.3 Å². The maximum atomic E-state index is 13.7. The molecule has 1 aromatic carbocycles. The van der Waals surface area contributed by atoms with Gasteiger partial charge >= 0.3 is 0 Å². The molecule has 0 aliphatic carbocycles. The Hall–Kier alpha value is -1.32. The summed E-state index contributed by atoms with van der Waals surface area (Å²) in [5, 5.41) is 2.78. The number of sulfonamides is 1. The van der Waals surface area contributed by atoms with Gasteiger partial charge in [-0.3, -0.25) is 4.84 Å². The zero-order chi connectivity index (χ0) is 17.3. The van der Waals surface area contributed by atoms with E-state index in [2.05, 4.69) is 4.72 Å². The van der Waals surface area contributed by atoms with Gasteiger partial charge in [0.15, 0.2) is 0 Å². The SMILES string of the molecule is Cc1ccsc1C1C(S(=O)(=O)NCc2ccccc2F)CON1C. The van der Waals surface area contributed by atoms with Crippen molar-refractivity contribution < 1.29 is 17.6 Å². The molecule has 1 saturated heterocycles. The number of benzene rings is 1. The van der Waals surface area contributed by atoms with Crippen molar-refractivity contribution in [3.63, 3.8) is 0 Å². The van der Waals surface area contributed by atoms with Crippen LogP contribution in [-0.4, -0.2) is 32.4 Å². The zero-order valence-electron chi connectivity index (χ0n) is 13.4. The summed E-state index contributed by atoms with van der Waals surface area (Å²) >= 11 is 1.51. The van der Waals surface area contributed by atoms with Gasteiger partial charge < -0.3 is 0 Å². The number of halogens is 1. The van der Waals surface area contributed by atoms with Crippen molar-refractivity contribution in [1.29, 1.82) is 0 Å². The Morgan fingerprint density at radius 3 is 2.79 bits per heavy atom. The van der Waals surface area contributed by atoms with Crippen molar-refractivity contribution >= 4 is 21.4 Å². The van der Waals surface area contributed by atoms with Gasteiger partial charge in [0, 0.05) is 24.0 Å². The number of aryl methyl sites for hydroxylation is 1. The average Bonchev–Trinajstić information content (AvgIpc) is 3.12. The Morgan fingerprint density at radius 1 is 1.38 bits per heavy atom. The highest BCUT2D eigenvalue weighted by molar-refractivity contribution is 7.90. The molecule has 0 spiro atoms. The van der Waals surface area contributed by atoms with Gasteiger partial charge in [-0.1, -0.05) is 18.2 Å². The fraction of sp³-hybridized carbons (Fsp3) is 0.375. The first-order valence-electron chi connectivity index (χ1n) is 7.52. The molecule has 2 aromatic rings. The Bertz CT molecular complexity index is 822. The lowest BCUT2D eigenvalue weighted by molar-refractivity contribution is -0.110. The third kappa shape index (κ3) is 3.38. The van der Waals surface area contributed by atoms with Crippen molar-refractivity contribution in [2.75, 3.05) is 13.7 Å². The summed E-state index contributed by atoms with van der Waals surface area (Å²) in [7, 11) is -1.94. The molecular formula is C16H19FN2O3S2. The molecule has 2 heterocycles. The van der Waals surface area contributed by atoms with Crippen LogP contribution in [0.2, 0.25) is 0 Å². The maximum Gasteiger partial charge on any atom is 0.219 e. The van der Waals surface area contributed by atoms with Crippen LogP contribution in [0.1, 0.15) is 22.0 Å². The summed E-state index contributed by atoms with van der Waals surface area (Å²) < 4.78 is 41.7. The number of hydrogen-bond acceptors (Lipinski definition) is 5. The van der Waals surface area contributed by atoms with E-state index in [0.717, 1.165) is 10.4 Å². The second kappa shape index (κ2) is 6.89. The number of nitrogens with zero attached hydrogens (tertiary/aromatic N) is 1. The van der Waals surface area contributed by atoms with E-state index in [1.54, 1.807) is 30.3 Å². The fourth-order valence-corrected chi connectivity index (χ4v) is 5.47. The lowest BCUT2D eigenvalue weighted by Crippen LogP contribution is -2.39. The zero-order valence-corrected chi connectivity index (χ0v) is 15.0. The van der Waals surface area contributed by atoms with Crippen molar-refractivity contribution in [3.8, 4) is 0 Å². The smallest absolute Gasteiger partial charge is 0.219 e. The van der Waals surface area contributed by atoms with Crippen molar-refractivity contribution in [1.82, 2.24) is 9.79 Å². The van der Waals surface area contributed by atoms with Crippen LogP contribution in [0.3, 0.4) is 0 Å². The van der Waals surface area contributed by atoms with Crippen LogP contribution in [0.4, 0.5) is 4.39 Å². The predicted octanol–water partition coefficient (Wildman–Crippen LogP) is 2.60. The summed E-state index contributed by atoms with van der Waals surface area (Å²) in [6, 6.07) is 7.72. The Kier molecular flexibility index (Phi) is 5.03. The molecule has 24 heavy (non-hydrogen) atoms. The van der Waals surface area contributed by atoms with Gasteiger partial charge in [0.2, 0.25) is 10.0 Å². The normalized spacial score (nSPS) is 22.1. The molecule has 0 bridgehead atoms. The van der Waals surface area contributed by atoms with Crippen molar-refractivity contribution in [3.05, 3.63) is 57.5 Å². The Morgan fingerprint density at radius 2 is 2.12 bits per heavy atom. The van der Waals surface area contributed by atoms with Gasteiger partial charge in [0.1, 0.15) is 11.1 Å². The molecule has 8 heteroatoms. The molecule has 2 unspecified atom stereocenters. The summed E-state index contributed by atoms with van der Waals surface area (Å²) in [6.45, 7) is 1.95. The highest BCUT2D eigenvalue weighted by Crippen LogP contribution is 2.37.